The number of alkyl halides is 1. The van der Waals surface area contributed by atoms with Gasteiger partial charge >= 0.3 is 0 Å². The van der Waals surface area contributed by atoms with Crippen molar-refractivity contribution in [3.63, 3.8) is 0 Å². The molecule has 0 spiro atoms. The maximum absolute atomic E-state index is 12.1. The highest BCUT2D eigenvalue weighted by atomic mass is 35.5. The summed E-state index contributed by atoms with van der Waals surface area (Å²) >= 11 is 5.76. The van der Waals surface area contributed by atoms with Gasteiger partial charge in [0.25, 0.3) is 0 Å². The number of halogens is 1. The third-order valence-corrected chi connectivity index (χ3v) is 2.87. The zero-order chi connectivity index (χ0) is 12.3. The van der Waals surface area contributed by atoms with Crippen LogP contribution >= 0.6 is 11.6 Å². The summed E-state index contributed by atoms with van der Waals surface area (Å²) in [7, 11) is 0. The molecule has 3 heteroatoms. The summed E-state index contributed by atoms with van der Waals surface area (Å²) in [4.78, 5) is 12.1. The summed E-state index contributed by atoms with van der Waals surface area (Å²) in [6, 6.07) is 14.3. The molecule has 0 fully saturated rings. The van der Waals surface area contributed by atoms with Gasteiger partial charge in [-0.3, -0.25) is 4.79 Å². The largest absolute Gasteiger partial charge is 0.398 e. The van der Waals surface area contributed by atoms with Crippen molar-refractivity contribution in [2.75, 3.05) is 5.73 Å². The molecule has 0 bridgehead atoms. The van der Waals surface area contributed by atoms with E-state index in [0.717, 1.165) is 5.56 Å². The fourth-order valence-electron chi connectivity index (χ4n) is 1.62. The van der Waals surface area contributed by atoms with E-state index in [-0.39, 0.29) is 5.78 Å². The van der Waals surface area contributed by atoms with Gasteiger partial charge in [0, 0.05) is 22.7 Å². The number of carbonyl (C=O) groups excluding carboxylic acids is 1. The molecule has 2 nitrogen and oxygen atoms in total. The molecule has 0 aliphatic heterocycles. The summed E-state index contributed by atoms with van der Waals surface area (Å²) in [5.41, 5.74) is 8.42. The van der Waals surface area contributed by atoms with E-state index < -0.39 is 0 Å². The van der Waals surface area contributed by atoms with Gasteiger partial charge in [-0.1, -0.05) is 30.3 Å². The van der Waals surface area contributed by atoms with E-state index in [1.807, 2.05) is 18.2 Å². The van der Waals surface area contributed by atoms with Crippen molar-refractivity contribution in [2.24, 2.45) is 0 Å². The van der Waals surface area contributed by atoms with Crippen LogP contribution < -0.4 is 5.73 Å². The SMILES string of the molecule is Nc1ccc(C(=O)c2ccccc2)cc1CCl. The molecule has 0 atom stereocenters. The summed E-state index contributed by atoms with van der Waals surface area (Å²) in [5.74, 6) is 0.291. The highest BCUT2D eigenvalue weighted by Crippen LogP contribution is 2.18. The number of rotatable bonds is 3. The number of benzene rings is 2. The molecule has 2 aromatic rings. The van der Waals surface area contributed by atoms with Gasteiger partial charge < -0.3 is 5.73 Å². The quantitative estimate of drug-likeness (QED) is 0.513. The number of hydrogen-bond donors (Lipinski definition) is 1. The monoisotopic (exact) mass is 245 g/mol. The Hall–Kier alpha value is -1.80. The van der Waals surface area contributed by atoms with Gasteiger partial charge in [0.2, 0.25) is 0 Å². The van der Waals surface area contributed by atoms with E-state index in [1.54, 1.807) is 30.3 Å². The molecule has 0 aliphatic rings. The first-order chi connectivity index (χ1) is 8.22. The number of nitrogens with two attached hydrogens (primary N) is 1. The van der Waals surface area contributed by atoms with Gasteiger partial charge in [-0.05, 0) is 23.8 Å². The molecule has 2 aromatic carbocycles. The first-order valence-electron chi connectivity index (χ1n) is 5.26. The highest BCUT2D eigenvalue weighted by molar-refractivity contribution is 6.17. The normalized spacial score (nSPS) is 10.2. The third-order valence-electron chi connectivity index (χ3n) is 2.59. The molecule has 0 aliphatic carbocycles. The Morgan fingerprint density at radius 1 is 1.06 bits per heavy atom. The van der Waals surface area contributed by atoms with Crippen molar-refractivity contribution in [2.45, 2.75) is 5.88 Å². The summed E-state index contributed by atoms with van der Waals surface area (Å²) in [6.07, 6.45) is 0. The molecule has 0 saturated heterocycles. The predicted octanol–water partition coefficient (Wildman–Crippen LogP) is 3.24. The van der Waals surface area contributed by atoms with Crippen LogP contribution in [-0.4, -0.2) is 5.78 Å². The van der Waals surface area contributed by atoms with Crippen LogP contribution in [0.3, 0.4) is 0 Å². The third kappa shape index (κ3) is 2.48. The van der Waals surface area contributed by atoms with Crippen LogP contribution in [-0.2, 0) is 5.88 Å². The smallest absolute Gasteiger partial charge is 0.193 e. The fraction of sp³-hybridized carbons (Fsp3) is 0.0714. The first-order valence-corrected chi connectivity index (χ1v) is 5.80. The van der Waals surface area contributed by atoms with Crippen molar-refractivity contribution in [3.05, 3.63) is 65.2 Å². The molecule has 2 rings (SSSR count). The van der Waals surface area contributed by atoms with Gasteiger partial charge in [-0.25, -0.2) is 0 Å². The maximum Gasteiger partial charge on any atom is 0.193 e. The average molecular weight is 246 g/mol. The Balaban J connectivity index is 2.38. The Labute approximate surface area is 105 Å². The number of hydrogen-bond acceptors (Lipinski definition) is 2. The molecule has 86 valence electrons. The maximum atomic E-state index is 12.1. The standard InChI is InChI=1S/C14H12ClNO/c15-9-12-8-11(6-7-13(12)16)14(17)10-4-2-1-3-5-10/h1-8H,9,16H2. The molecular formula is C14H12ClNO. The van der Waals surface area contributed by atoms with Crippen LogP contribution in [0.5, 0.6) is 0 Å². The van der Waals surface area contributed by atoms with Crippen LogP contribution in [0.25, 0.3) is 0 Å². The fourth-order valence-corrected chi connectivity index (χ4v) is 1.85. The van der Waals surface area contributed by atoms with Gasteiger partial charge in [0.1, 0.15) is 0 Å². The minimum Gasteiger partial charge on any atom is -0.398 e. The summed E-state index contributed by atoms with van der Waals surface area (Å²) in [5, 5.41) is 0. The van der Waals surface area contributed by atoms with E-state index in [9.17, 15) is 4.79 Å². The van der Waals surface area contributed by atoms with Crippen molar-refractivity contribution in [1.82, 2.24) is 0 Å². The molecule has 2 N–H and O–H groups in total. The van der Waals surface area contributed by atoms with Crippen molar-refractivity contribution in [3.8, 4) is 0 Å². The Morgan fingerprint density at radius 2 is 1.76 bits per heavy atom. The van der Waals surface area contributed by atoms with E-state index in [2.05, 4.69) is 0 Å². The molecular weight excluding hydrogens is 234 g/mol. The summed E-state index contributed by atoms with van der Waals surface area (Å²) < 4.78 is 0. The topological polar surface area (TPSA) is 43.1 Å². The van der Waals surface area contributed by atoms with Crippen LogP contribution in [0, 0.1) is 0 Å². The Morgan fingerprint density at radius 3 is 2.41 bits per heavy atom. The van der Waals surface area contributed by atoms with E-state index in [0.29, 0.717) is 22.7 Å². The van der Waals surface area contributed by atoms with Crippen LogP contribution in [0.2, 0.25) is 0 Å². The number of ketones is 1. The first kappa shape index (κ1) is 11.7. The Bertz CT molecular complexity index is 537. The number of anilines is 1. The molecule has 0 aromatic heterocycles. The van der Waals surface area contributed by atoms with Gasteiger partial charge in [-0.2, -0.15) is 0 Å². The average Bonchev–Trinajstić information content (AvgIpc) is 2.39. The van der Waals surface area contributed by atoms with Crippen LogP contribution in [0.4, 0.5) is 5.69 Å². The highest BCUT2D eigenvalue weighted by Gasteiger charge is 2.10. The van der Waals surface area contributed by atoms with Crippen LogP contribution in [0.1, 0.15) is 21.5 Å². The van der Waals surface area contributed by atoms with Crippen molar-refractivity contribution >= 4 is 23.1 Å². The second kappa shape index (κ2) is 5.02. The second-order valence-corrected chi connectivity index (χ2v) is 4.01. The zero-order valence-electron chi connectivity index (χ0n) is 9.19. The lowest BCUT2D eigenvalue weighted by atomic mass is 10.0. The van der Waals surface area contributed by atoms with Gasteiger partial charge in [0.15, 0.2) is 5.78 Å². The minimum atomic E-state index is -0.0167. The molecule has 0 heterocycles. The molecule has 0 amide bonds. The lowest BCUT2D eigenvalue weighted by molar-refractivity contribution is 0.103. The molecule has 17 heavy (non-hydrogen) atoms. The minimum absolute atomic E-state index is 0.0167. The molecule has 0 saturated carbocycles. The number of nitrogen functional groups attached to an aromatic ring is 1. The lowest BCUT2D eigenvalue weighted by Crippen LogP contribution is -2.03. The van der Waals surface area contributed by atoms with Crippen LogP contribution in [0.15, 0.2) is 48.5 Å². The predicted molar refractivity (Wildman–Crippen MR) is 70.3 cm³/mol. The van der Waals surface area contributed by atoms with Crippen molar-refractivity contribution in [1.29, 1.82) is 0 Å². The summed E-state index contributed by atoms with van der Waals surface area (Å²) in [6.45, 7) is 0. The zero-order valence-corrected chi connectivity index (χ0v) is 9.95. The lowest BCUT2D eigenvalue weighted by Gasteiger charge is -2.05. The van der Waals surface area contributed by atoms with E-state index >= 15 is 0 Å². The van der Waals surface area contributed by atoms with Gasteiger partial charge in [-0.15, -0.1) is 11.6 Å². The number of carbonyl (C=O) groups is 1. The van der Waals surface area contributed by atoms with E-state index in [1.165, 1.54) is 0 Å². The molecule has 0 radical (unpaired) electrons. The van der Waals surface area contributed by atoms with Gasteiger partial charge in [0.05, 0.1) is 0 Å². The van der Waals surface area contributed by atoms with E-state index in [4.69, 9.17) is 17.3 Å². The molecule has 0 unspecified atom stereocenters. The second-order valence-electron chi connectivity index (χ2n) is 3.74. The van der Waals surface area contributed by atoms with Crippen molar-refractivity contribution < 1.29 is 4.79 Å². The Kier molecular flexibility index (Phi) is 3.45.